The second-order valence-electron chi connectivity index (χ2n) is 2.10. The summed E-state index contributed by atoms with van der Waals surface area (Å²) in [5.74, 6) is 0. The Hall–Kier alpha value is 0.290. The van der Waals surface area contributed by atoms with E-state index in [0.717, 1.165) is 8.99 Å². The van der Waals surface area contributed by atoms with Crippen LogP contribution in [0.1, 0.15) is 13.8 Å². The van der Waals surface area contributed by atoms with Gasteiger partial charge in [0.15, 0.2) is 3.77 Å². The van der Waals surface area contributed by atoms with Gasteiger partial charge in [0.05, 0.1) is 6.20 Å². The van der Waals surface area contributed by atoms with Crippen molar-refractivity contribution >= 4 is 34.4 Å². The van der Waals surface area contributed by atoms with E-state index in [9.17, 15) is 0 Å². The molecule has 0 radical (unpaired) electrons. The van der Waals surface area contributed by atoms with Gasteiger partial charge in [0, 0.05) is 27.8 Å². The van der Waals surface area contributed by atoms with Gasteiger partial charge in [-0.25, -0.2) is 4.98 Å². The summed E-state index contributed by atoms with van der Waals surface area (Å²) in [7, 11) is 0. The van der Waals surface area contributed by atoms with Crippen molar-refractivity contribution < 1.29 is 4.42 Å². The average Bonchev–Trinajstić information content (AvgIpc) is 2.13. The highest BCUT2D eigenvalue weighted by Crippen LogP contribution is 2.22. The maximum atomic E-state index is 5.23. The minimum absolute atomic E-state index is 0.537. The third-order valence-electron chi connectivity index (χ3n) is 0.793. The highest BCUT2D eigenvalue weighted by Gasteiger charge is 2.03. The van der Waals surface area contributed by atoms with Gasteiger partial charge in [0.1, 0.15) is 0 Å². The molecule has 1 aromatic rings. The van der Waals surface area contributed by atoms with Crippen molar-refractivity contribution in [1.82, 2.24) is 4.98 Å². The lowest BCUT2D eigenvalue weighted by molar-refractivity contribution is 0.432. The Balaban J connectivity index is 2.58. The van der Waals surface area contributed by atoms with Crippen molar-refractivity contribution in [2.75, 3.05) is 0 Å². The predicted molar refractivity (Wildman–Crippen MR) is 50.2 cm³/mol. The minimum Gasteiger partial charge on any atom is -0.425 e. The van der Waals surface area contributed by atoms with Gasteiger partial charge in [0.2, 0.25) is 0 Å². The highest BCUT2D eigenvalue weighted by molar-refractivity contribution is 14.1. The van der Waals surface area contributed by atoms with Crippen LogP contribution in [-0.4, -0.2) is 10.2 Å². The molecular weight excluding hydrogens is 261 g/mol. The zero-order chi connectivity index (χ0) is 7.56. The van der Waals surface area contributed by atoms with Crippen LogP contribution >= 0.6 is 34.4 Å². The van der Waals surface area contributed by atoms with Crippen LogP contribution in [0.25, 0.3) is 0 Å². The van der Waals surface area contributed by atoms with E-state index < -0.39 is 0 Å². The van der Waals surface area contributed by atoms with Crippen LogP contribution in [0.5, 0.6) is 0 Å². The van der Waals surface area contributed by atoms with E-state index in [4.69, 9.17) is 4.42 Å². The number of aromatic nitrogens is 1. The van der Waals surface area contributed by atoms with Crippen molar-refractivity contribution in [1.29, 1.82) is 0 Å². The molecule has 1 heterocycles. The second-order valence-corrected chi connectivity index (χ2v) is 4.69. The lowest BCUT2D eigenvalue weighted by atomic mass is 10.6. The zero-order valence-electron chi connectivity index (χ0n) is 5.80. The smallest absolute Gasteiger partial charge is 0.256 e. The molecule has 4 heteroatoms. The molecule has 0 aliphatic carbocycles. The van der Waals surface area contributed by atoms with Crippen LogP contribution in [0.15, 0.2) is 15.8 Å². The first-order valence-corrected chi connectivity index (χ1v) is 4.92. The lowest BCUT2D eigenvalue weighted by Gasteiger charge is -1.96. The second kappa shape index (κ2) is 3.61. The van der Waals surface area contributed by atoms with Crippen molar-refractivity contribution in [3.63, 3.8) is 0 Å². The topological polar surface area (TPSA) is 26.0 Å². The number of hydrogen-bond acceptors (Lipinski definition) is 3. The molecule has 0 spiro atoms. The Morgan fingerprint density at radius 3 is 2.80 bits per heavy atom. The number of halogens is 1. The first-order valence-electron chi connectivity index (χ1n) is 2.96. The number of rotatable bonds is 2. The zero-order valence-corrected chi connectivity index (χ0v) is 8.77. The Morgan fingerprint density at radius 2 is 2.40 bits per heavy atom. The molecule has 0 saturated heterocycles. The molecule has 0 unspecified atom stereocenters. The third kappa shape index (κ3) is 2.49. The summed E-state index contributed by atoms with van der Waals surface area (Å²) in [4.78, 5) is 4.04. The number of thioether (sulfide) groups is 1. The van der Waals surface area contributed by atoms with E-state index in [1.807, 2.05) is 0 Å². The molecule has 0 atom stereocenters. The monoisotopic (exact) mass is 269 g/mol. The summed E-state index contributed by atoms with van der Waals surface area (Å²) in [6.45, 7) is 4.23. The molecule has 2 nitrogen and oxygen atoms in total. The fraction of sp³-hybridized carbons (Fsp3) is 0.500. The van der Waals surface area contributed by atoms with E-state index in [1.165, 1.54) is 0 Å². The van der Waals surface area contributed by atoms with E-state index in [-0.39, 0.29) is 0 Å². The van der Waals surface area contributed by atoms with Gasteiger partial charge in [-0.1, -0.05) is 25.6 Å². The van der Waals surface area contributed by atoms with Gasteiger partial charge in [-0.3, -0.25) is 0 Å². The predicted octanol–water partition coefficient (Wildman–Crippen LogP) is 2.78. The van der Waals surface area contributed by atoms with Gasteiger partial charge in [-0.2, -0.15) is 0 Å². The highest BCUT2D eigenvalue weighted by atomic mass is 127. The Labute approximate surface area is 77.9 Å². The third-order valence-corrected chi connectivity index (χ3v) is 2.15. The van der Waals surface area contributed by atoms with Gasteiger partial charge in [-0.15, -0.1) is 0 Å². The van der Waals surface area contributed by atoms with Crippen LogP contribution in [-0.2, 0) is 0 Å². The van der Waals surface area contributed by atoms with Crippen LogP contribution in [0.3, 0.4) is 0 Å². The first-order chi connectivity index (χ1) is 4.68. The minimum atomic E-state index is 0.537. The molecule has 0 aliphatic heterocycles. The van der Waals surface area contributed by atoms with Gasteiger partial charge < -0.3 is 4.42 Å². The Morgan fingerprint density at radius 1 is 1.70 bits per heavy atom. The fourth-order valence-electron chi connectivity index (χ4n) is 0.496. The van der Waals surface area contributed by atoms with E-state index in [2.05, 4.69) is 41.4 Å². The van der Waals surface area contributed by atoms with Crippen LogP contribution < -0.4 is 0 Å². The summed E-state index contributed by atoms with van der Waals surface area (Å²) < 4.78 is 6.08. The van der Waals surface area contributed by atoms with Crippen molar-refractivity contribution in [3.8, 4) is 0 Å². The van der Waals surface area contributed by atoms with Crippen LogP contribution in [0, 0.1) is 3.77 Å². The van der Waals surface area contributed by atoms with Crippen LogP contribution in [0.4, 0.5) is 0 Å². The molecule has 0 N–H and O–H groups in total. The van der Waals surface area contributed by atoms with E-state index >= 15 is 0 Å². The normalized spacial score (nSPS) is 10.8. The van der Waals surface area contributed by atoms with Gasteiger partial charge in [0.25, 0.3) is 5.22 Å². The van der Waals surface area contributed by atoms with Crippen molar-refractivity contribution in [2.24, 2.45) is 0 Å². The lowest BCUT2D eigenvalue weighted by Crippen LogP contribution is -1.84. The maximum Gasteiger partial charge on any atom is 0.256 e. The van der Waals surface area contributed by atoms with E-state index in [1.54, 1.807) is 18.0 Å². The Bertz CT molecular complexity index is 211. The summed E-state index contributed by atoms with van der Waals surface area (Å²) in [6.07, 6.45) is 1.73. The van der Waals surface area contributed by atoms with Gasteiger partial charge in [-0.05, 0) is 0 Å². The number of oxazole rings is 1. The number of nitrogens with zero attached hydrogens (tertiary/aromatic N) is 1. The largest absolute Gasteiger partial charge is 0.425 e. The maximum absolute atomic E-state index is 5.23. The molecule has 0 fully saturated rings. The van der Waals surface area contributed by atoms with Crippen molar-refractivity contribution in [2.45, 2.75) is 24.3 Å². The summed E-state index contributed by atoms with van der Waals surface area (Å²) in [5, 5.41) is 1.30. The molecule has 56 valence electrons. The van der Waals surface area contributed by atoms with Crippen LogP contribution in [0.2, 0.25) is 0 Å². The van der Waals surface area contributed by atoms with Gasteiger partial charge >= 0.3 is 0 Å². The molecule has 0 amide bonds. The molecule has 10 heavy (non-hydrogen) atoms. The summed E-state index contributed by atoms with van der Waals surface area (Å²) >= 11 is 3.74. The van der Waals surface area contributed by atoms with E-state index in [0.29, 0.717) is 5.25 Å². The standard InChI is InChI=1S/C6H8INOS/c1-4(2)10-6-8-3-5(7)9-6/h3-4H,1-2H3. The molecule has 1 rings (SSSR count). The molecule has 0 aromatic carbocycles. The molecule has 0 bridgehead atoms. The quantitative estimate of drug-likeness (QED) is 0.610. The molecular formula is C6H8INOS. The SMILES string of the molecule is CC(C)Sc1ncc(I)o1. The summed E-state index contributed by atoms with van der Waals surface area (Å²) in [6, 6.07) is 0. The summed E-state index contributed by atoms with van der Waals surface area (Å²) in [5.41, 5.74) is 0. The molecule has 0 saturated carbocycles. The molecule has 0 aliphatic rings. The number of hydrogen-bond donors (Lipinski definition) is 0. The Kier molecular flexibility index (Phi) is 3.03. The van der Waals surface area contributed by atoms with Crippen molar-refractivity contribution in [3.05, 3.63) is 9.96 Å². The first kappa shape index (κ1) is 8.39. The fourth-order valence-corrected chi connectivity index (χ4v) is 1.65. The average molecular weight is 269 g/mol. The molecule has 1 aromatic heterocycles.